The Bertz CT molecular complexity index is 1210. The molecule has 0 aromatic carbocycles. The molecule has 1 aliphatic carbocycles. The highest BCUT2D eigenvalue weighted by molar-refractivity contribution is 7.11. The van der Waals surface area contributed by atoms with Gasteiger partial charge in [-0.25, -0.2) is 9.50 Å². The SMILES string of the molecule is Cc1cc2c(C(=O)NC3CCC(CCN4CCc5sc(CCC(F)(F)F)nc5C4)CC3)cccn2n1. The van der Waals surface area contributed by atoms with Crippen molar-refractivity contribution in [2.45, 2.75) is 77.1 Å². The molecule has 5 rings (SSSR count). The Morgan fingerprint density at radius 2 is 2.06 bits per heavy atom. The molecule has 36 heavy (non-hydrogen) atoms. The number of nitrogens with zero attached hydrogens (tertiary/aromatic N) is 4. The first kappa shape index (κ1) is 25.2. The van der Waals surface area contributed by atoms with Gasteiger partial charge >= 0.3 is 6.18 Å². The molecule has 3 aromatic rings. The smallest absolute Gasteiger partial charge is 0.349 e. The van der Waals surface area contributed by atoms with Crippen molar-refractivity contribution < 1.29 is 18.0 Å². The Hall–Kier alpha value is -2.46. The molecular weight excluding hydrogens is 487 g/mol. The number of fused-ring (bicyclic) bond motifs is 2. The van der Waals surface area contributed by atoms with Gasteiger partial charge in [0.1, 0.15) is 0 Å². The van der Waals surface area contributed by atoms with E-state index in [-0.39, 0.29) is 18.4 Å². The number of hydrogen-bond donors (Lipinski definition) is 1. The standard InChI is InChI=1S/C26H32F3N5OS/c1-17-15-22-20(3-2-12-34(22)32-17)25(35)30-19-6-4-18(5-7-19)9-13-33-14-10-23-21(16-33)31-24(36-23)8-11-26(27,28)29/h2-3,12,15,18-19H,4-11,13-14,16H2,1H3,(H,30,35). The number of alkyl halides is 3. The maximum absolute atomic E-state index is 12.9. The highest BCUT2D eigenvalue weighted by atomic mass is 32.1. The number of amides is 1. The number of thiazole rings is 1. The lowest BCUT2D eigenvalue weighted by molar-refractivity contribution is -0.134. The lowest BCUT2D eigenvalue weighted by Gasteiger charge is -2.32. The van der Waals surface area contributed by atoms with Crippen molar-refractivity contribution in [2.75, 3.05) is 13.1 Å². The Morgan fingerprint density at radius 3 is 2.83 bits per heavy atom. The normalized spacial score (nSPS) is 21.0. The summed E-state index contributed by atoms with van der Waals surface area (Å²) in [5.74, 6) is 0.601. The van der Waals surface area contributed by atoms with E-state index in [1.54, 1.807) is 4.52 Å². The van der Waals surface area contributed by atoms with E-state index in [1.165, 1.54) is 11.3 Å². The number of rotatable bonds is 7. The fourth-order valence-electron chi connectivity index (χ4n) is 5.41. The molecule has 0 atom stereocenters. The molecule has 1 amide bonds. The van der Waals surface area contributed by atoms with Crippen LogP contribution in [-0.4, -0.2) is 50.7 Å². The van der Waals surface area contributed by atoms with E-state index in [1.807, 2.05) is 31.3 Å². The van der Waals surface area contributed by atoms with Gasteiger partial charge in [-0.3, -0.25) is 9.69 Å². The van der Waals surface area contributed by atoms with Crippen LogP contribution in [0.5, 0.6) is 0 Å². The Balaban J connectivity index is 1.06. The second kappa shape index (κ2) is 10.5. The van der Waals surface area contributed by atoms with Gasteiger partial charge in [-0.05, 0) is 76.1 Å². The average molecular weight is 520 g/mol. The van der Waals surface area contributed by atoms with Gasteiger partial charge in [-0.1, -0.05) is 0 Å². The summed E-state index contributed by atoms with van der Waals surface area (Å²) in [6.07, 6.45) is 3.05. The maximum atomic E-state index is 12.9. The van der Waals surface area contributed by atoms with Gasteiger partial charge in [0.05, 0.1) is 27.5 Å². The number of aryl methyl sites for hydroxylation is 2. The third kappa shape index (κ3) is 6.08. The van der Waals surface area contributed by atoms with Crippen molar-refractivity contribution >= 4 is 22.8 Å². The van der Waals surface area contributed by atoms with Crippen LogP contribution in [0.2, 0.25) is 0 Å². The average Bonchev–Trinajstić information content (AvgIpc) is 3.43. The van der Waals surface area contributed by atoms with Crippen LogP contribution in [0.1, 0.15) is 70.2 Å². The lowest BCUT2D eigenvalue weighted by Crippen LogP contribution is -2.38. The molecule has 0 unspecified atom stereocenters. The van der Waals surface area contributed by atoms with Gasteiger partial charge in [0.15, 0.2) is 0 Å². The van der Waals surface area contributed by atoms with Crippen molar-refractivity contribution in [3.8, 4) is 0 Å². The van der Waals surface area contributed by atoms with Crippen LogP contribution in [-0.2, 0) is 19.4 Å². The summed E-state index contributed by atoms with van der Waals surface area (Å²) < 4.78 is 39.3. The molecule has 4 heterocycles. The van der Waals surface area contributed by atoms with Crippen LogP contribution < -0.4 is 5.32 Å². The zero-order valence-corrected chi connectivity index (χ0v) is 21.3. The largest absolute Gasteiger partial charge is 0.389 e. The first-order valence-corrected chi connectivity index (χ1v) is 13.6. The van der Waals surface area contributed by atoms with Crippen molar-refractivity contribution in [3.63, 3.8) is 0 Å². The number of nitrogens with one attached hydrogen (secondary N) is 1. The minimum Gasteiger partial charge on any atom is -0.349 e. The minimum absolute atomic E-state index is 0.0157. The predicted molar refractivity (Wildman–Crippen MR) is 133 cm³/mol. The van der Waals surface area contributed by atoms with Gasteiger partial charge in [0.2, 0.25) is 0 Å². The van der Waals surface area contributed by atoms with Crippen LogP contribution >= 0.6 is 11.3 Å². The number of carbonyl (C=O) groups excluding carboxylic acids is 1. The van der Waals surface area contributed by atoms with Crippen LogP contribution in [0.3, 0.4) is 0 Å². The molecule has 10 heteroatoms. The lowest BCUT2D eigenvalue weighted by atomic mass is 9.84. The monoisotopic (exact) mass is 519 g/mol. The van der Waals surface area contributed by atoms with Gasteiger partial charge in [-0.15, -0.1) is 11.3 Å². The third-order valence-electron chi connectivity index (χ3n) is 7.38. The van der Waals surface area contributed by atoms with E-state index in [4.69, 9.17) is 0 Å². The molecule has 1 fully saturated rings. The molecule has 1 saturated carbocycles. The Kier molecular flexibility index (Phi) is 7.35. The molecule has 3 aromatic heterocycles. The molecule has 2 aliphatic rings. The van der Waals surface area contributed by atoms with Gasteiger partial charge in [0.25, 0.3) is 5.91 Å². The van der Waals surface area contributed by atoms with Gasteiger partial charge < -0.3 is 5.32 Å². The molecule has 1 aliphatic heterocycles. The zero-order valence-electron chi connectivity index (χ0n) is 20.5. The Labute approximate surface area is 212 Å². The molecule has 0 spiro atoms. The molecule has 0 bridgehead atoms. The summed E-state index contributed by atoms with van der Waals surface area (Å²) in [6, 6.07) is 5.83. The molecular formula is C26H32F3N5OS. The highest BCUT2D eigenvalue weighted by Crippen LogP contribution is 2.31. The van der Waals surface area contributed by atoms with Crippen molar-refractivity contribution in [1.29, 1.82) is 0 Å². The van der Waals surface area contributed by atoms with Crippen molar-refractivity contribution in [3.05, 3.63) is 51.2 Å². The minimum atomic E-state index is -4.13. The summed E-state index contributed by atoms with van der Waals surface area (Å²) in [5, 5.41) is 8.23. The van der Waals surface area contributed by atoms with E-state index in [2.05, 4.69) is 20.3 Å². The summed E-state index contributed by atoms with van der Waals surface area (Å²) in [6.45, 7) is 4.59. The molecule has 6 nitrogen and oxygen atoms in total. The van der Waals surface area contributed by atoms with E-state index in [0.717, 1.165) is 79.9 Å². The quantitative estimate of drug-likeness (QED) is 0.458. The fraction of sp³-hybridized carbons (Fsp3) is 0.577. The first-order chi connectivity index (χ1) is 17.2. The fourth-order valence-corrected chi connectivity index (χ4v) is 6.47. The number of aromatic nitrogens is 3. The molecule has 0 radical (unpaired) electrons. The number of hydrogen-bond acceptors (Lipinski definition) is 5. The van der Waals surface area contributed by atoms with Gasteiger partial charge in [0, 0.05) is 43.0 Å². The highest BCUT2D eigenvalue weighted by Gasteiger charge is 2.29. The van der Waals surface area contributed by atoms with Crippen LogP contribution in [0.4, 0.5) is 13.2 Å². The second-order valence-corrected chi connectivity index (χ2v) is 11.3. The summed E-state index contributed by atoms with van der Waals surface area (Å²) in [5.41, 5.74) is 3.35. The number of halogens is 3. The summed E-state index contributed by atoms with van der Waals surface area (Å²) in [4.78, 5) is 21.0. The molecule has 1 N–H and O–H groups in total. The van der Waals surface area contributed by atoms with E-state index in [9.17, 15) is 18.0 Å². The third-order valence-corrected chi connectivity index (χ3v) is 8.59. The molecule has 194 valence electrons. The Morgan fingerprint density at radius 1 is 1.25 bits per heavy atom. The van der Waals surface area contributed by atoms with Crippen molar-refractivity contribution in [2.24, 2.45) is 5.92 Å². The predicted octanol–water partition coefficient (Wildman–Crippen LogP) is 5.33. The van der Waals surface area contributed by atoms with Crippen LogP contribution in [0.25, 0.3) is 5.52 Å². The van der Waals surface area contributed by atoms with E-state index < -0.39 is 12.6 Å². The van der Waals surface area contributed by atoms with E-state index in [0.29, 0.717) is 16.5 Å². The second-order valence-electron chi connectivity index (χ2n) is 10.1. The maximum Gasteiger partial charge on any atom is 0.389 e. The zero-order chi connectivity index (χ0) is 25.3. The summed E-state index contributed by atoms with van der Waals surface area (Å²) in [7, 11) is 0. The van der Waals surface area contributed by atoms with Crippen LogP contribution in [0.15, 0.2) is 24.4 Å². The number of pyridine rings is 1. The van der Waals surface area contributed by atoms with Gasteiger partial charge in [-0.2, -0.15) is 18.3 Å². The molecule has 0 saturated heterocycles. The number of carbonyl (C=O) groups is 1. The van der Waals surface area contributed by atoms with Crippen LogP contribution in [0, 0.1) is 12.8 Å². The van der Waals surface area contributed by atoms with E-state index >= 15 is 0 Å². The topological polar surface area (TPSA) is 62.5 Å². The first-order valence-electron chi connectivity index (χ1n) is 12.8. The summed E-state index contributed by atoms with van der Waals surface area (Å²) >= 11 is 1.45. The van der Waals surface area contributed by atoms with Crippen molar-refractivity contribution in [1.82, 2.24) is 24.8 Å².